The van der Waals surface area contributed by atoms with Crippen molar-refractivity contribution in [2.24, 2.45) is 7.05 Å². The van der Waals surface area contributed by atoms with Crippen molar-refractivity contribution in [1.82, 2.24) is 4.57 Å². The largest absolute Gasteiger partial charge is 0.478 e. The fourth-order valence-corrected chi connectivity index (χ4v) is 4.08. The molecule has 0 fully saturated rings. The van der Waals surface area contributed by atoms with Crippen molar-refractivity contribution in [2.45, 2.75) is 19.9 Å². The number of pyridine rings is 1. The van der Waals surface area contributed by atoms with Gasteiger partial charge in [-0.3, -0.25) is 4.79 Å². The Morgan fingerprint density at radius 1 is 1.03 bits per heavy atom. The Hall–Kier alpha value is -3.93. The summed E-state index contributed by atoms with van der Waals surface area (Å²) in [7, 11) is 1.64. The quantitative estimate of drug-likeness (QED) is 0.437. The average Bonchev–Trinajstić information content (AvgIpc) is 2.77. The molecule has 0 amide bonds. The van der Waals surface area contributed by atoms with Crippen LogP contribution >= 0.6 is 0 Å². The number of halogens is 1. The highest BCUT2D eigenvalue weighted by atomic mass is 19.1. The Bertz CT molecular complexity index is 1410. The van der Waals surface area contributed by atoms with Crippen LogP contribution in [0.15, 0.2) is 71.5 Å². The number of carboxylic acid groups (broad SMARTS) is 1. The molecule has 4 aromatic rings. The average molecular weight is 430 g/mol. The van der Waals surface area contributed by atoms with E-state index in [0.717, 1.165) is 11.1 Å². The maximum Gasteiger partial charge on any atom is 0.337 e. The number of carboxylic acids is 1. The molecule has 0 bridgehead atoms. The van der Waals surface area contributed by atoms with Crippen molar-refractivity contribution in [1.29, 1.82) is 0 Å². The lowest BCUT2D eigenvalue weighted by molar-refractivity contribution is 0.0698. The van der Waals surface area contributed by atoms with Gasteiger partial charge in [0.15, 0.2) is 0 Å². The standard InChI is InChI=1S/C26H23FN2O3/c1-15-12-19(16(2)28-23-11-7-5-9-18(23)26(31)32)20-14-24(17-8-4-6-10-22(17)27)29(3)25(30)21(20)13-15/h4-14,16,28H,1-3H3,(H,31,32). The molecule has 0 aliphatic heterocycles. The Morgan fingerprint density at radius 2 is 1.72 bits per heavy atom. The molecule has 5 nitrogen and oxygen atoms in total. The molecular weight excluding hydrogens is 407 g/mol. The Kier molecular flexibility index (Phi) is 5.53. The molecule has 1 heterocycles. The zero-order valence-corrected chi connectivity index (χ0v) is 18.0. The van der Waals surface area contributed by atoms with Crippen LogP contribution in [-0.4, -0.2) is 15.6 Å². The summed E-state index contributed by atoms with van der Waals surface area (Å²) >= 11 is 0. The summed E-state index contributed by atoms with van der Waals surface area (Å²) in [5.74, 6) is -1.43. The summed E-state index contributed by atoms with van der Waals surface area (Å²) in [4.78, 5) is 24.8. The molecule has 32 heavy (non-hydrogen) atoms. The number of hydrogen-bond donors (Lipinski definition) is 2. The van der Waals surface area contributed by atoms with Gasteiger partial charge in [-0.25, -0.2) is 9.18 Å². The van der Waals surface area contributed by atoms with Crippen molar-refractivity contribution in [3.8, 4) is 11.3 Å². The topological polar surface area (TPSA) is 71.3 Å². The van der Waals surface area contributed by atoms with Gasteiger partial charge in [0, 0.05) is 29.7 Å². The number of nitrogens with one attached hydrogen (secondary N) is 1. The second kappa shape index (κ2) is 8.30. The predicted molar refractivity (Wildman–Crippen MR) is 125 cm³/mol. The highest BCUT2D eigenvalue weighted by Gasteiger charge is 2.18. The first-order chi connectivity index (χ1) is 15.3. The van der Waals surface area contributed by atoms with Crippen LogP contribution in [0.1, 0.15) is 34.5 Å². The minimum Gasteiger partial charge on any atom is -0.478 e. The lowest BCUT2D eigenvalue weighted by Crippen LogP contribution is -2.20. The number of nitrogens with zero attached hydrogens (tertiary/aromatic N) is 1. The molecule has 6 heteroatoms. The molecule has 2 N–H and O–H groups in total. The molecule has 1 unspecified atom stereocenters. The number of benzene rings is 3. The summed E-state index contributed by atoms with van der Waals surface area (Å²) in [6.07, 6.45) is 0. The first-order valence-electron chi connectivity index (χ1n) is 10.3. The zero-order valence-electron chi connectivity index (χ0n) is 18.0. The van der Waals surface area contributed by atoms with Gasteiger partial charge in [0.25, 0.3) is 5.56 Å². The first kappa shape index (κ1) is 21.3. The highest BCUT2D eigenvalue weighted by molar-refractivity contribution is 5.94. The van der Waals surface area contributed by atoms with Crippen LogP contribution in [0, 0.1) is 12.7 Å². The fourth-order valence-electron chi connectivity index (χ4n) is 4.08. The summed E-state index contributed by atoms with van der Waals surface area (Å²) in [5, 5.41) is 14.0. The lowest BCUT2D eigenvalue weighted by atomic mass is 9.95. The van der Waals surface area contributed by atoms with E-state index in [0.29, 0.717) is 27.7 Å². The van der Waals surface area contributed by atoms with E-state index in [1.807, 2.05) is 32.0 Å². The van der Waals surface area contributed by atoms with Crippen molar-refractivity contribution in [3.05, 3.63) is 99.6 Å². The molecule has 0 saturated heterocycles. The molecular formula is C26H23FN2O3. The monoisotopic (exact) mass is 430 g/mol. The molecule has 3 aromatic carbocycles. The second-order valence-electron chi connectivity index (χ2n) is 7.91. The maximum atomic E-state index is 14.5. The lowest BCUT2D eigenvalue weighted by Gasteiger charge is -2.21. The number of aryl methyl sites for hydroxylation is 1. The molecule has 0 saturated carbocycles. The molecule has 1 atom stereocenters. The third-order valence-corrected chi connectivity index (χ3v) is 5.68. The normalized spacial score (nSPS) is 12.0. The van der Waals surface area contributed by atoms with Crippen LogP contribution < -0.4 is 10.9 Å². The van der Waals surface area contributed by atoms with Crippen molar-refractivity contribution in [2.75, 3.05) is 5.32 Å². The SMILES string of the molecule is Cc1cc(C(C)Nc2ccccc2C(=O)O)c2cc(-c3ccccc3F)n(C)c(=O)c2c1. The molecule has 0 spiro atoms. The number of fused-ring (bicyclic) bond motifs is 1. The fraction of sp³-hybridized carbons (Fsp3) is 0.154. The van der Waals surface area contributed by atoms with Gasteiger partial charge in [0.1, 0.15) is 5.82 Å². The van der Waals surface area contributed by atoms with Crippen molar-refractivity contribution < 1.29 is 14.3 Å². The molecule has 0 aliphatic carbocycles. The molecule has 0 aliphatic rings. The van der Waals surface area contributed by atoms with E-state index in [1.54, 1.807) is 43.4 Å². The number of rotatable bonds is 5. The zero-order chi connectivity index (χ0) is 23.0. The molecule has 162 valence electrons. The number of carbonyl (C=O) groups is 1. The van der Waals surface area contributed by atoms with Crippen LogP contribution in [0.4, 0.5) is 10.1 Å². The van der Waals surface area contributed by atoms with E-state index in [9.17, 15) is 19.1 Å². The van der Waals surface area contributed by atoms with Gasteiger partial charge in [-0.15, -0.1) is 0 Å². The van der Waals surface area contributed by atoms with Crippen LogP contribution in [0.2, 0.25) is 0 Å². The second-order valence-corrected chi connectivity index (χ2v) is 7.91. The van der Waals surface area contributed by atoms with Crippen LogP contribution in [-0.2, 0) is 7.05 Å². The van der Waals surface area contributed by atoms with Gasteiger partial charge in [0.2, 0.25) is 0 Å². The van der Waals surface area contributed by atoms with Crippen LogP contribution in [0.3, 0.4) is 0 Å². The maximum absolute atomic E-state index is 14.5. The van der Waals surface area contributed by atoms with E-state index in [-0.39, 0.29) is 17.2 Å². The van der Waals surface area contributed by atoms with E-state index >= 15 is 0 Å². The number of hydrogen-bond acceptors (Lipinski definition) is 3. The summed E-state index contributed by atoms with van der Waals surface area (Å²) in [6.45, 7) is 3.82. The van der Waals surface area contributed by atoms with Crippen molar-refractivity contribution >= 4 is 22.4 Å². The van der Waals surface area contributed by atoms with Gasteiger partial charge >= 0.3 is 5.97 Å². The minimum absolute atomic E-state index is 0.166. The van der Waals surface area contributed by atoms with Crippen LogP contribution in [0.25, 0.3) is 22.0 Å². The van der Waals surface area contributed by atoms with E-state index in [4.69, 9.17) is 0 Å². The van der Waals surface area contributed by atoms with Gasteiger partial charge in [0.05, 0.1) is 11.3 Å². The molecule has 0 radical (unpaired) electrons. The smallest absolute Gasteiger partial charge is 0.337 e. The minimum atomic E-state index is -1.02. The van der Waals surface area contributed by atoms with Gasteiger partial charge in [-0.05, 0) is 66.8 Å². The third kappa shape index (κ3) is 3.75. The van der Waals surface area contributed by atoms with E-state index in [2.05, 4.69) is 5.32 Å². The number of anilines is 1. The first-order valence-corrected chi connectivity index (χ1v) is 10.3. The van der Waals surface area contributed by atoms with Gasteiger partial charge in [-0.2, -0.15) is 0 Å². The predicted octanol–water partition coefficient (Wildman–Crippen LogP) is 5.52. The van der Waals surface area contributed by atoms with Gasteiger partial charge in [-0.1, -0.05) is 30.3 Å². The number of aromatic carboxylic acids is 1. The Balaban J connectivity index is 1.91. The van der Waals surface area contributed by atoms with E-state index in [1.165, 1.54) is 16.7 Å². The number of para-hydroxylation sites is 1. The summed E-state index contributed by atoms with van der Waals surface area (Å²) in [5.41, 5.74) is 2.99. The van der Waals surface area contributed by atoms with Crippen molar-refractivity contribution in [3.63, 3.8) is 0 Å². The summed E-state index contributed by atoms with van der Waals surface area (Å²) in [6, 6.07) is 18.4. The van der Waals surface area contributed by atoms with E-state index < -0.39 is 11.8 Å². The summed E-state index contributed by atoms with van der Waals surface area (Å²) < 4.78 is 16.0. The van der Waals surface area contributed by atoms with Crippen LogP contribution in [0.5, 0.6) is 0 Å². The Morgan fingerprint density at radius 3 is 2.44 bits per heavy atom. The Labute approximate surface area is 184 Å². The van der Waals surface area contributed by atoms with Gasteiger partial charge < -0.3 is 15.0 Å². The third-order valence-electron chi connectivity index (χ3n) is 5.68. The molecule has 1 aromatic heterocycles. The highest BCUT2D eigenvalue weighted by Crippen LogP contribution is 2.31. The number of aromatic nitrogens is 1. The molecule has 4 rings (SSSR count).